The van der Waals surface area contributed by atoms with Crippen molar-refractivity contribution in [2.24, 2.45) is 11.7 Å². The average molecular weight is 303 g/mol. The number of carbonyl (C=O) groups is 1. The zero-order valence-corrected chi connectivity index (χ0v) is 12.8. The number of hydrogen-bond acceptors (Lipinski definition) is 5. The van der Waals surface area contributed by atoms with E-state index in [0.717, 1.165) is 0 Å². The van der Waals surface area contributed by atoms with Gasteiger partial charge in [0.2, 0.25) is 5.91 Å². The molecule has 0 radical (unpaired) electrons. The highest BCUT2D eigenvalue weighted by atomic mass is 16.5. The van der Waals surface area contributed by atoms with Gasteiger partial charge in [-0.25, -0.2) is 9.67 Å². The van der Waals surface area contributed by atoms with Crippen LogP contribution in [0.1, 0.15) is 13.8 Å². The van der Waals surface area contributed by atoms with E-state index < -0.39 is 0 Å². The molecular weight excluding hydrogens is 282 g/mol. The smallest absolute Gasteiger partial charge is 0.228 e. The largest absolute Gasteiger partial charge is 0.492 e. The Labute approximate surface area is 129 Å². The van der Waals surface area contributed by atoms with Gasteiger partial charge < -0.3 is 15.8 Å². The summed E-state index contributed by atoms with van der Waals surface area (Å²) in [7, 11) is 0. The molecule has 0 aliphatic rings. The number of nitrogens with one attached hydrogen (secondary N) is 1. The maximum absolute atomic E-state index is 12.0. The summed E-state index contributed by atoms with van der Waals surface area (Å²) < 4.78 is 7.34. The van der Waals surface area contributed by atoms with Crippen LogP contribution in [0.4, 0.5) is 5.69 Å². The minimum atomic E-state index is -0.253. The molecule has 3 N–H and O–H groups in total. The summed E-state index contributed by atoms with van der Waals surface area (Å²) in [5, 5.41) is 6.84. The molecule has 118 valence electrons. The Morgan fingerprint density at radius 3 is 2.95 bits per heavy atom. The third kappa shape index (κ3) is 4.56. The summed E-state index contributed by atoms with van der Waals surface area (Å²) in [5.41, 5.74) is 6.42. The summed E-state index contributed by atoms with van der Waals surface area (Å²) >= 11 is 0. The molecule has 0 saturated carbocycles. The summed E-state index contributed by atoms with van der Waals surface area (Å²) in [5.74, 6) is 0.332. The molecule has 7 heteroatoms. The van der Waals surface area contributed by atoms with Crippen LogP contribution < -0.4 is 15.8 Å². The van der Waals surface area contributed by atoms with Gasteiger partial charge in [-0.1, -0.05) is 13.0 Å². The number of nitrogens with two attached hydrogens (primary N) is 1. The lowest BCUT2D eigenvalue weighted by Gasteiger charge is -2.15. The predicted octanol–water partition coefficient (Wildman–Crippen LogP) is 1.28. The van der Waals surface area contributed by atoms with Gasteiger partial charge in [0.05, 0.1) is 12.5 Å². The Morgan fingerprint density at radius 1 is 1.45 bits per heavy atom. The molecule has 2 atom stereocenters. The molecule has 0 bridgehead atoms. The van der Waals surface area contributed by atoms with Crippen LogP contribution in [0.2, 0.25) is 0 Å². The Bertz CT molecular complexity index is 598. The number of benzene rings is 1. The summed E-state index contributed by atoms with van der Waals surface area (Å²) in [6.07, 6.45) is 3.12. The second-order valence-electron chi connectivity index (χ2n) is 5.17. The normalized spacial score (nSPS) is 13.4. The monoisotopic (exact) mass is 303 g/mol. The van der Waals surface area contributed by atoms with Crippen LogP contribution in [0.5, 0.6) is 5.75 Å². The molecule has 7 nitrogen and oxygen atoms in total. The number of amides is 1. The number of ether oxygens (including phenoxy) is 1. The first-order valence-corrected chi connectivity index (χ1v) is 7.18. The topological polar surface area (TPSA) is 95.1 Å². The van der Waals surface area contributed by atoms with E-state index >= 15 is 0 Å². The summed E-state index contributed by atoms with van der Waals surface area (Å²) in [6.45, 7) is 4.70. The first-order chi connectivity index (χ1) is 10.6. The Balaban J connectivity index is 1.88. The molecule has 1 aromatic carbocycles. The van der Waals surface area contributed by atoms with Crippen LogP contribution in [0, 0.1) is 5.92 Å². The van der Waals surface area contributed by atoms with Crippen molar-refractivity contribution in [3.8, 4) is 5.75 Å². The van der Waals surface area contributed by atoms with Crippen molar-refractivity contribution < 1.29 is 9.53 Å². The third-order valence-electron chi connectivity index (χ3n) is 3.36. The van der Waals surface area contributed by atoms with E-state index in [1.54, 1.807) is 24.0 Å². The summed E-state index contributed by atoms with van der Waals surface area (Å²) in [4.78, 5) is 15.8. The molecule has 0 saturated heterocycles. The number of hydrogen-bond donors (Lipinski definition) is 2. The fourth-order valence-corrected chi connectivity index (χ4v) is 1.76. The molecule has 0 spiro atoms. The Hall–Kier alpha value is -2.41. The molecule has 22 heavy (non-hydrogen) atoms. The predicted molar refractivity (Wildman–Crippen MR) is 83.4 cm³/mol. The molecular formula is C15H21N5O2. The van der Waals surface area contributed by atoms with Crippen molar-refractivity contribution in [3.63, 3.8) is 0 Å². The zero-order valence-electron chi connectivity index (χ0n) is 12.8. The lowest BCUT2D eigenvalue weighted by molar-refractivity contribution is -0.119. The van der Waals surface area contributed by atoms with Gasteiger partial charge in [0.1, 0.15) is 25.0 Å². The second-order valence-corrected chi connectivity index (χ2v) is 5.17. The first-order valence-electron chi connectivity index (χ1n) is 7.18. The quantitative estimate of drug-likeness (QED) is 0.803. The SMILES string of the molecule is CC(N)C(C)C(=O)Nc1cccc(OCCn2cncn2)c1. The van der Waals surface area contributed by atoms with E-state index in [4.69, 9.17) is 10.5 Å². The average Bonchev–Trinajstić information content (AvgIpc) is 3.00. The number of rotatable bonds is 7. The number of carbonyl (C=O) groups excluding carboxylic acids is 1. The fourth-order valence-electron chi connectivity index (χ4n) is 1.76. The minimum Gasteiger partial charge on any atom is -0.492 e. The molecule has 2 unspecified atom stereocenters. The molecule has 0 fully saturated rings. The van der Waals surface area contributed by atoms with Gasteiger partial charge >= 0.3 is 0 Å². The van der Waals surface area contributed by atoms with Gasteiger partial charge in [0, 0.05) is 17.8 Å². The van der Waals surface area contributed by atoms with Gasteiger partial charge in [-0.15, -0.1) is 0 Å². The van der Waals surface area contributed by atoms with E-state index in [-0.39, 0.29) is 17.9 Å². The highest BCUT2D eigenvalue weighted by Crippen LogP contribution is 2.18. The van der Waals surface area contributed by atoms with Crippen LogP contribution in [-0.2, 0) is 11.3 Å². The highest BCUT2D eigenvalue weighted by Gasteiger charge is 2.17. The van der Waals surface area contributed by atoms with E-state index in [1.165, 1.54) is 6.33 Å². The van der Waals surface area contributed by atoms with Crippen molar-refractivity contribution in [2.75, 3.05) is 11.9 Å². The van der Waals surface area contributed by atoms with Crippen molar-refractivity contribution in [1.29, 1.82) is 0 Å². The van der Waals surface area contributed by atoms with Gasteiger partial charge in [-0.2, -0.15) is 5.10 Å². The lowest BCUT2D eigenvalue weighted by atomic mass is 10.0. The molecule has 2 aromatic rings. The lowest BCUT2D eigenvalue weighted by Crippen LogP contribution is -2.34. The molecule has 0 aliphatic heterocycles. The zero-order chi connectivity index (χ0) is 15.9. The van der Waals surface area contributed by atoms with Crippen molar-refractivity contribution >= 4 is 11.6 Å². The van der Waals surface area contributed by atoms with Gasteiger partial charge in [-0.3, -0.25) is 4.79 Å². The molecule has 0 aliphatic carbocycles. The number of anilines is 1. The highest BCUT2D eigenvalue weighted by molar-refractivity contribution is 5.92. The molecule has 1 aromatic heterocycles. The van der Waals surface area contributed by atoms with Crippen LogP contribution in [0.15, 0.2) is 36.9 Å². The fraction of sp³-hybridized carbons (Fsp3) is 0.400. The molecule has 1 heterocycles. The van der Waals surface area contributed by atoms with Gasteiger partial charge in [0.25, 0.3) is 0 Å². The first kappa shape index (κ1) is 16.0. The minimum absolute atomic E-state index is 0.102. The van der Waals surface area contributed by atoms with Crippen molar-refractivity contribution in [2.45, 2.75) is 26.4 Å². The van der Waals surface area contributed by atoms with Crippen molar-refractivity contribution in [1.82, 2.24) is 14.8 Å². The Kier molecular flexibility index (Phi) is 5.48. The van der Waals surface area contributed by atoms with E-state index in [1.807, 2.05) is 25.1 Å². The summed E-state index contributed by atoms with van der Waals surface area (Å²) in [6, 6.07) is 7.08. The van der Waals surface area contributed by atoms with Gasteiger partial charge in [0.15, 0.2) is 0 Å². The van der Waals surface area contributed by atoms with Crippen LogP contribution in [-0.4, -0.2) is 33.3 Å². The van der Waals surface area contributed by atoms with Crippen LogP contribution in [0.25, 0.3) is 0 Å². The van der Waals surface area contributed by atoms with Crippen LogP contribution in [0.3, 0.4) is 0 Å². The van der Waals surface area contributed by atoms with Crippen molar-refractivity contribution in [3.05, 3.63) is 36.9 Å². The number of nitrogens with zero attached hydrogens (tertiary/aromatic N) is 3. The van der Waals surface area contributed by atoms with E-state index in [9.17, 15) is 4.79 Å². The number of aromatic nitrogens is 3. The maximum atomic E-state index is 12.0. The second kappa shape index (κ2) is 7.56. The maximum Gasteiger partial charge on any atom is 0.228 e. The van der Waals surface area contributed by atoms with Crippen LogP contribution >= 0.6 is 0 Å². The molecule has 2 rings (SSSR count). The third-order valence-corrected chi connectivity index (χ3v) is 3.36. The molecule has 1 amide bonds. The Morgan fingerprint density at radius 2 is 2.27 bits per heavy atom. The van der Waals surface area contributed by atoms with Gasteiger partial charge in [-0.05, 0) is 19.1 Å². The van der Waals surface area contributed by atoms with E-state index in [2.05, 4.69) is 15.4 Å². The van der Waals surface area contributed by atoms with E-state index in [0.29, 0.717) is 24.6 Å². The standard InChI is InChI=1S/C15H21N5O2/c1-11(12(2)16)15(21)19-13-4-3-5-14(8-13)22-7-6-20-10-17-9-18-20/h3-5,8-12H,6-7,16H2,1-2H3,(H,19,21).